The maximum absolute atomic E-state index is 12.7. The van der Waals surface area contributed by atoms with Gasteiger partial charge in [0.1, 0.15) is 0 Å². The normalized spacial score (nSPS) is 12.3. The van der Waals surface area contributed by atoms with Crippen molar-refractivity contribution < 1.29 is 13.2 Å². The number of aromatic nitrogens is 3. The summed E-state index contributed by atoms with van der Waals surface area (Å²) < 4.78 is 39.0. The molecule has 7 heteroatoms. The highest BCUT2D eigenvalue weighted by atomic mass is 19.4. The molecule has 0 aliphatic heterocycles. The molecule has 16 heavy (non-hydrogen) atoms. The van der Waals surface area contributed by atoms with Gasteiger partial charge in [0.25, 0.3) is 0 Å². The lowest BCUT2D eigenvalue weighted by molar-refractivity contribution is -0.142. The van der Waals surface area contributed by atoms with Crippen LogP contribution in [0.5, 0.6) is 0 Å². The molecule has 0 spiro atoms. The molecule has 2 aromatic rings. The van der Waals surface area contributed by atoms with Crippen molar-refractivity contribution in [3.8, 4) is 0 Å². The van der Waals surface area contributed by atoms with E-state index >= 15 is 0 Å². The van der Waals surface area contributed by atoms with Crippen LogP contribution in [-0.2, 0) is 19.8 Å². The lowest BCUT2D eigenvalue weighted by Crippen LogP contribution is -2.12. The molecule has 2 aromatic heterocycles. The molecule has 0 saturated carbocycles. The van der Waals surface area contributed by atoms with E-state index in [2.05, 4.69) is 10.1 Å². The zero-order valence-corrected chi connectivity index (χ0v) is 8.41. The van der Waals surface area contributed by atoms with Gasteiger partial charge in [0.05, 0.1) is 5.39 Å². The van der Waals surface area contributed by atoms with E-state index in [0.29, 0.717) is 5.56 Å². The molecule has 2 heterocycles. The lowest BCUT2D eigenvalue weighted by atomic mass is 10.2. The van der Waals surface area contributed by atoms with Gasteiger partial charge in [-0.3, -0.25) is 4.68 Å². The van der Waals surface area contributed by atoms with Crippen molar-refractivity contribution >= 4 is 11.0 Å². The Balaban J connectivity index is 2.76. The minimum atomic E-state index is -4.45. The van der Waals surface area contributed by atoms with Crippen molar-refractivity contribution in [3.63, 3.8) is 0 Å². The van der Waals surface area contributed by atoms with Crippen LogP contribution in [0, 0.1) is 0 Å². The number of rotatable bonds is 1. The number of fused-ring (bicyclic) bond motifs is 1. The zero-order chi connectivity index (χ0) is 11.9. The molecule has 4 nitrogen and oxygen atoms in total. The maximum atomic E-state index is 12.7. The van der Waals surface area contributed by atoms with Gasteiger partial charge in [0.2, 0.25) is 0 Å². The second-order valence-electron chi connectivity index (χ2n) is 3.39. The molecule has 0 fully saturated rings. The highest BCUT2D eigenvalue weighted by molar-refractivity contribution is 5.79. The fraction of sp³-hybridized carbons (Fsp3) is 0.333. The third-order valence-electron chi connectivity index (χ3n) is 2.25. The van der Waals surface area contributed by atoms with Gasteiger partial charge in [0, 0.05) is 19.8 Å². The summed E-state index contributed by atoms with van der Waals surface area (Å²) in [6.07, 6.45) is -3.02. The zero-order valence-electron chi connectivity index (χ0n) is 8.41. The third-order valence-corrected chi connectivity index (χ3v) is 2.25. The van der Waals surface area contributed by atoms with Gasteiger partial charge in [-0.15, -0.1) is 0 Å². The third kappa shape index (κ3) is 1.63. The van der Waals surface area contributed by atoms with Crippen LogP contribution in [0.3, 0.4) is 0 Å². The van der Waals surface area contributed by atoms with Crippen LogP contribution in [0.1, 0.15) is 11.3 Å². The molecule has 0 aromatic carbocycles. The van der Waals surface area contributed by atoms with Crippen LogP contribution in [0.2, 0.25) is 0 Å². The number of halogens is 3. The Labute approximate surface area is 88.9 Å². The average Bonchev–Trinajstić information content (AvgIpc) is 2.51. The Hall–Kier alpha value is -1.63. The van der Waals surface area contributed by atoms with Crippen LogP contribution >= 0.6 is 0 Å². The number of hydrogen-bond donors (Lipinski definition) is 1. The van der Waals surface area contributed by atoms with E-state index in [-0.39, 0.29) is 17.6 Å². The summed E-state index contributed by atoms with van der Waals surface area (Å²) >= 11 is 0. The van der Waals surface area contributed by atoms with E-state index < -0.39 is 11.9 Å². The van der Waals surface area contributed by atoms with Crippen molar-refractivity contribution in [2.75, 3.05) is 0 Å². The molecule has 0 bridgehead atoms. The number of aryl methyl sites for hydroxylation is 1. The summed E-state index contributed by atoms with van der Waals surface area (Å²) in [5.41, 5.74) is 5.18. The maximum Gasteiger partial charge on any atom is 0.433 e. The Morgan fingerprint density at radius 3 is 2.69 bits per heavy atom. The lowest BCUT2D eigenvalue weighted by Gasteiger charge is -2.06. The molecular formula is C9H9F3N4. The minimum absolute atomic E-state index is 0.0158. The Bertz CT molecular complexity index is 529. The van der Waals surface area contributed by atoms with Crippen LogP contribution < -0.4 is 5.73 Å². The van der Waals surface area contributed by atoms with Crippen molar-refractivity contribution in [1.29, 1.82) is 0 Å². The Kier molecular flexibility index (Phi) is 2.34. The largest absolute Gasteiger partial charge is 0.433 e. The SMILES string of the molecule is Cn1nc2ncc(CN)cc2c1C(F)(F)F. The smallest absolute Gasteiger partial charge is 0.326 e. The van der Waals surface area contributed by atoms with E-state index in [1.54, 1.807) is 0 Å². The average molecular weight is 230 g/mol. The monoisotopic (exact) mass is 230 g/mol. The highest BCUT2D eigenvalue weighted by Crippen LogP contribution is 2.33. The molecule has 0 amide bonds. The van der Waals surface area contributed by atoms with Gasteiger partial charge in [-0.1, -0.05) is 0 Å². The quantitative estimate of drug-likeness (QED) is 0.806. The molecule has 0 aliphatic rings. The summed E-state index contributed by atoms with van der Waals surface area (Å²) in [4.78, 5) is 3.84. The van der Waals surface area contributed by atoms with Crippen molar-refractivity contribution in [1.82, 2.24) is 14.8 Å². The number of alkyl halides is 3. The molecule has 86 valence electrons. The Morgan fingerprint density at radius 1 is 1.44 bits per heavy atom. The summed E-state index contributed by atoms with van der Waals surface area (Å²) in [7, 11) is 1.24. The van der Waals surface area contributed by atoms with E-state index in [4.69, 9.17) is 5.73 Å². The van der Waals surface area contributed by atoms with Crippen LogP contribution in [0.25, 0.3) is 11.0 Å². The summed E-state index contributed by atoms with van der Waals surface area (Å²) in [5.74, 6) is 0. The predicted octanol–water partition coefficient (Wildman–Crippen LogP) is 1.45. The van der Waals surface area contributed by atoms with E-state index in [1.165, 1.54) is 19.3 Å². The second-order valence-corrected chi connectivity index (χ2v) is 3.39. The van der Waals surface area contributed by atoms with Crippen molar-refractivity contribution in [3.05, 3.63) is 23.5 Å². The summed E-state index contributed by atoms with van der Waals surface area (Å²) in [5, 5.41) is 3.68. The highest BCUT2D eigenvalue weighted by Gasteiger charge is 2.37. The topological polar surface area (TPSA) is 56.7 Å². The molecule has 0 saturated heterocycles. The first-order valence-corrected chi connectivity index (χ1v) is 4.52. The number of hydrogen-bond acceptors (Lipinski definition) is 3. The first-order valence-electron chi connectivity index (χ1n) is 4.52. The van der Waals surface area contributed by atoms with Gasteiger partial charge < -0.3 is 5.73 Å². The van der Waals surface area contributed by atoms with Gasteiger partial charge in [-0.05, 0) is 11.6 Å². The van der Waals surface area contributed by atoms with Crippen molar-refractivity contribution in [2.45, 2.75) is 12.7 Å². The number of nitrogens with two attached hydrogens (primary N) is 1. The van der Waals surface area contributed by atoms with Crippen LogP contribution in [0.4, 0.5) is 13.2 Å². The molecular weight excluding hydrogens is 221 g/mol. The van der Waals surface area contributed by atoms with E-state index in [1.807, 2.05) is 0 Å². The fourth-order valence-corrected chi connectivity index (χ4v) is 1.57. The van der Waals surface area contributed by atoms with Gasteiger partial charge >= 0.3 is 6.18 Å². The van der Waals surface area contributed by atoms with Gasteiger partial charge in [0.15, 0.2) is 11.3 Å². The number of pyridine rings is 1. The minimum Gasteiger partial charge on any atom is -0.326 e. The van der Waals surface area contributed by atoms with Gasteiger partial charge in [-0.25, -0.2) is 4.98 Å². The van der Waals surface area contributed by atoms with Gasteiger partial charge in [-0.2, -0.15) is 18.3 Å². The standard InChI is InChI=1S/C9H9F3N4/c1-16-7(9(10,11)12)6-2-5(3-13)4-14-8(6)15-16/h2,4H,3,13H2,1H3. The van der Waals surface area contributed by atoms with E-state index in [0.717, 1.165) is 4.68 Å². The predicted molar refractivity (Wildman–Crippen MR) is 51.4 cm³/mol. The van der Waals surface area contributed by atoms with Crippen molar-refractivity contribution in [2.24, 2.45) is 12.8 Å². The first kappa shape index (κ1) is 10.9. The fourth-order valence-electron chi connectivity index (χ4n) is 1.57. The van der Waals surface area contributed by atoms with Crippen LogP contribution in [0.15, 0.2) is 12.3 Å². The molecule has 0 radical (unpaired) electrons. The summed E-state index contributed by atoms with van der Waals surface area (Å²) in [6, 6.07) is 1.37. The van der Waals surface area contributed by atoms with Crippen LogP contribution in [-0.4, -0.2) is 14.8 Å². The van der Waals surface area contributed by atoms with E-state index in [9.17, 15) is 13.2 Å². The first-order chi connectivity index (χ1) is 7.43. The second kappa shape index (κ2) is 3.44. The molecule has 0 atom stereocenters. The molecule has 2 N–H and O–H groups in total. The summed E-state index contributed by atoms with van der Waals surface area (Å²) in [6.45, 7) is 0.148. The Morgan fingerprint density at radius 2 is 2.12 bits per heavy atom. The molecule has 2 rings (SSSR count). The number of nitrogens with zero attached hydrogens (tertiary/aromatic N) is 3. The molecule has 0 unspecified atom stereocenters. The molecule has 0 aliphatic carbocycles.